The summed E-state index contributed by atoms with van der Waals surface area (Å²) in [6.45, 7) is 6.90. The van der Waals surface area contributed by atoms with Gasteiger partial charge in [-0.3, -0.25) is 18.6 Å². The number of rotatable bonds is 56. The lowest BCUT2D eigenvalue weighted by Crippen LogP contribution is -2.47. The fourth-order valence-corrected chi connectivity index (χ4v) is 9.80. The molecule has 10 heteroatoms. The van der Waals surface area contributed by atoms with E-state index < -0.39 is 20.0 Å². The van der Waals surface area contributed by atoms with Gasteiger partial charge in [-0.15, -0.1) is 0 Å². The molecule has 0 aliphatic rings. The maximum Gasteiger partial charge on any atom is 0.472 e. The number of ether oxygens (including phenoxy) is 1. The van der Waals surface area contributed by atoms with Crippen LogP contribution in [0.15, 0.2) is 48.6 Å². The van der Waals surface area contributed by atoms with Crippen LogP contribution in [0, 0.1) is 0 Å². The van der Waals surface area contributed by atoms with Crippen LogP contribution in [0.5, 0.6) is 0 Å². The number of carbonyl (C=O) groups excluding carboxylic acids is 2. The van der Waals surface area contributed by atoms with Crippen molar-refractivity contribution in [3.8, 4) is 0 Å². The molecule has 73 heavy (non-hydrogen) atoms. The third-order valence-corrected chi connectivity index (χ3v) is 14.8. The number of unbranched alkanes of at least 4 members (excludes halogenated alkanes) is 36. The number of nitrogens with zero attached hydrogens (tertiary/aromatic N) is 1. The summed E-state index contributed by atoms with van der Waals surface area (Å²) < 4.78 is 30.7. The second kappa shape index (κ2) is 53.4. The minimum Gasteiger partial charge on any atom is -0.456 e. The Morgan fingerprint density at radius 2 is 0.877 bits per heavy atom. The van der Waals surface area contributed by atoms with Gasteiger partial charge in [-0.25, -0.2) is 4.57 Å². The van der Waals surface area contributed by atoms with Crippen LogP contribution < -0.4 is 5.32 Å². The minimum absolute atomic E-state index is 0.0384. The van der Waals surface area contributed by atoms with E-state index in [1.807, 2.05) is 33.3 Å². The number of carbonyl (C=O) groups is 2. The largest absolute Gasteiger partial charge is 0.472 e. The Morgan fingerprint density at radius 3 is 1.30 bits per heavy atom. The van der Waals surface area contributed by atoms with Crippen molar-refractivity contribution in [2.75, 3.05) is 40.9 Å². The van der Waals surface area contributed by atoms with E-state index in [9.17, 15) is 19.0 Å². The molecular weight excluding hydrogens is 928 g/mol. The molecular formula is C63H120N2O7P+. The molecule has 3 atom stereocenters. The molecule has 0 aromatic heterocycles. The third-order valence-electron chi connectivity index (χ3n) is 13.8. The molecule has 0 saturated heterocycles. The molecule has 0 rings (SSSR count). The summed E-state index contributed by atoms with van der Waals surface area (Å²) in [6.07, 6.45) is 65.4. The number of allylic oxidation sites excluding steroid dienone is 7. The summed E-state index contributed by atoms with van der Waals surface area (Å²) in [5.41, 5.74) is 0. The lowest BCUT2D eigenvalue weighted by Gasteiger charge is -2.27. The quantitative estimate of drug-likeness (QED) is 0.0156. The summed E-state index contributed by atoms with van der Waals surface area (Å²) in [5, 5.41) is 3.05. The highest BCUT2D eigenvalue weighted by Gasteiger charge is 2.30. The average Bonchev–Trinajstić information content (AvgIpc) is 3.35. The van der Waals surface area contributed by atoms with Gasteiger partial charge in [0.2, 0.25) is 5.91 Å². The number of phosphoric ester groups is 1. The standard InChI is InChI=1S/C63H119N2O7P/c1-7-10-13-16-19-22-25-27-29-30-31-32-33-34-36-38-41-44-47-50-53-56-63(67)72-61(54-51-48-45-42-39-24-21-18-15-12-9-3)60(59-71-73(68,69)70-58-57-65(4,5)6)64-62(66)55-52-49-46-43-40-37-35-28-26-23-20-17-14-11-8-2/h11,14,17,20,23,26,51,54,60-61H,7-10,12-13,15-16,18-19,21-22,24-25,27-50,52-53,55-59H2,1-6H3,(H-,64,66,68,69)/p+1/b14-11+,20-17+,26-23+,54-51-. The van der Waals surface area contributed by atoms with Gasteiger partial charge in [-0.1, -0.05) is 275 Å². The van der Waals surface area contributed by atoms with Gasteiger partial charge in [0.15, 0.2) is 0 Å². The van der Waals surface area contributed by atoms with E-state index in [1.165, 1.54) is 180 Å². The van der Waals surface area contributed by atoms with Crippen LogP contribution in [-0.4, -0.2) is 74.3 Å². The van der Waals surface area contributed by atoms with Crippen molar-refractivity contribution in [1.82, 2.24) is 5.32 Å². The molecule has 0 aromatic rings. The SMILES string of the molecule is CC/C=C/C=C/C=C/CCCCCCCCCC(=O)NC(COP(=O)(O)OCC[N+](C)(C)C)C(/C=C\CCCCCCCCCCC)OC(=O)CCCCCCCCCCCCCCCCCCCCCCC. The molecule has 2 N–H and O–H groups in total. The van der Waals surface area contributed by atoms with Crippen molar-refractivity contribution in [2.45, 2.75) is 303 Å². The van der Waals surface area contributed by atoms with Crippen molar-refractivity contribution in [2.24, 2.45) is 0 Å². The molecule has 428 valence electrons. The van der Waals surface area contributed by atoms with Crippen molar-refractivity contribution >= 4 is 19.7 Å². The first kappa shape index (κ1) is 71.0. The lowest BCUT2D eigenvalue weighted by atomic mass is 10.0. The van der Waals surface area contributed by atoms with Crippen LogP contribution in [0.3, 0.4) is 0 Å². The molecule has 9 nitrogen and oxygen atoms in total. The topological polar surface area (TPSA) is 111 Å². The van der Waals surface area contributed by atoms with Crippen LogP contribution in [0.1, 0.15) is 290 Å². The van der Waals surface area contributed by atoms with Gasteiger partial charge in [-0.2, -0.15) is 0 Å². The van der Waals surface area contributed by atoms with Gasteiger partial charge in [0.05, 0.1) is 33.8 Å². The van der Waals surface area contributed by atoms with Gasteiger partial charge in [-0.05, 0) is 51.0 Å². The number of hydrogen-bond acceptors (Lipinski definition) is 6. The fraction of sp³-hybridized carbons (Fsp3) is 0.841. The molecule has 0 saturated carbocycles. The van der Waals surface area contributed by atoms with Crippen molar-refractivity contribution in [3.63, 3.8) is 0 Å². The number of esters is 1. The Labute approximate surface area is 452 Å². The third kappa shape index (κ3) is 54.6. The van der Waals surface area contributed by atoms with Crippen LogP contribution in [0.25, 0.3) is 0 Å². The predicted octanol–water partition coefficient (Wildman–Crippen LogP) is 18.9. The highest BCUT2D eigenvalue weighted by molar-refractivity contribution is 7.47. The molecule has 0 fully saturated rings. The molecule has 1 amide bonds. The zero-order valence-corrected chi connectivity index (χ0v) is 49.8. The second-order valence-electron chi connectivity index (χ2n) is 22.3. The van der Waals surface area contributed by atoms with Crippen LogP contribution in [0.4, 0.5) is 0 Å². The lowest BCUT2D eigenvalue weighted by molar-refractivity contribution is -0.870. The number of likely N-dealkylation sites (N-methyl/N-ethyl adjacent to an activating group) is 1. The molecule has 0 heterocycles. The summed E-state index contributed by atoms with van der Waals surface area (Å²) in [4.78, 5) is 37.7. The average molecular weight is 1050 g/mol. The van der Waals surface area contributed by atoms with Crippen LogP contribution in [-0.2, 0) is 27.9 Å². The number of hydrogen-bond donors (Lipinski definition) is 2. The Bertz CT molecular complexity index is 1390. The van der Waals surface area contributed by atoms with Crippen molar-refractivity contribution in [1.29, 1.82) is 0 Å². The molecule has 0 bridgehead atoms. The van der Waals surface area contributed by atoms with Gasteiger partial charge >= 0.3 is 13.8 Å². The molecule has 3 unspecified atom stereocenters. The maximum absolute atomic E-state index is 13.5. The molecule has 0 radical (unpaired) electrons. The van der Waals surface area contributed by atoms with E-state index in [1.54, 1.807) is 0 Å². The first-order valence-electron chi connectivity index (χ1n) is 31.0. The smallest absolute Gasteiger partial charge is 0.456 e. The Hall–Kier alpha value is -2.03. The number of nitrogens with one attached hydrogen (secondary N) is 1. The van der Waals surface area contributed by atoms with Crippen LogP contribution in [0.2, 0.25) is 0 Å². The number of amides is 1. The van der Waals surface area contributed by atoms with E-state index in [0.717, 1.165) is 77.0 Å². The van der Waals surface area contributed by atoms with Gasteiger partial charge in [0.25, 0.3) is 0 Å². The number of phosphoric acid groups is 1. The van der Waals surface area contributed by atoms with Gasteiger partial charge in [0.1, 0.15) is 19.3 Å². The fourth-order valence-electron chi connectivity index (χ4n) is 9.06. The Kier molecular flexibility index (Phi) is 51.9. The monoisotopic (exact) mass is 1050 g/mol. The Balaban J connectivity index is 5.16. The number of quaternary nitrogens is 1. The Morgan fingerprint density at radius 1 is 0.493 bits per heavy atom. The normalized spacial score (nSPS) is 14.0. The predicted molar refractivity (Wildman–Crippen MR) is 314 cm³/mol. The summed E-state index contributed by atoms with van der Waals surface area (Å²) >= 11 is 0. The van der Waals surface area contributed by atoms with E-state index in [2.05, 4.69) is 62.5 Å². The second-order valence-corrected chi connectivity index (χ2v) is 23.7. The first-order valence-corrected chi connectivity index (χ1v) is 32.5. The molecule has 0 spiro atoms. The molecule has 0 aliphatic heterocycles. The highest BCUT2D eigenvalue weighted by atomic mass is 31.2. The minimum atomic E-state index is -4.45. The van der Waals surface area contributed by atoms with E-state index in [-0.39, 0.29) is 25.1 Å². The zero-order valence-electron chi connectivity index (χ0n) is 48.9. The highest BCUT2D eigenvalue weighted by Crippen LogP contribution is 2.43. The van der Waals surface area contributed by atoms with Crippen molar-refractivity contribution < 1.29 is 37.3 Å². The first-order chi connectivity index (χ1) is 35.4. The zero-order chi connectivity index (χ0) is 53.6. The van der Waals surface area contributed by atoms with Gasteiger partial charge < -0.3 is 19.4 Å². The van der Waals surface area contributed by atoms with E-state index in [4.69, 9.17) is 13.8 Å². The summed E-state index contributed by atoms with van der Waals surface area (Å²) in [7, 11) is 1.49. The van der Waals surface area contributed by atoms with Gasteiger partial charge in [0, 0.05) is 12.8 Å². The summed E-state index contributed by atoms with van der Waals surface area (Å²) in [5.74, 6) is -0.509. The van der Waals surface area contributed by atoms with E-state index in [0.29, 0.717) is 23.9 Å². The molecule has 0 aliphatic carbocycles. The summed E-state index contributed by atoms with van der Waals surface area (Å²) in [6, 6.07) is -0.852. The molecule has 0 aromatic carbocycles. The van der Waals surface area contributed by atoms with E-state index >= 15 is 0 Å². The van der Waals surface area contributed by atoms with Crippen molar-refractivity contribution in [3.05, 3.63) is 48.6 Å². The maximum atomic E-state index is 13.5. The van der Waals surface area contributed by atoms with Crippen LogP contribution >= 0.6 is 7.82 Å².